The van der Waals surface area contributed by atoms with Crippen LogP contribution in [-0.2, 0) is 13.1 Å². The minimum atomic E-state index is 0.00694. The maximum atomic E-state index is 5.31. The quantitative estimate of drug-likeness (QED) is 0.268. The van der Waals surface area contributed by atoms with Crippen LogP contribution in [0.4, 0.5) is 0 Å². The molecular weight excluding hydrogens is 520 g/mol. The van der Waals surface area contributed by atoms with Gasteiger partial charge in [-0.1, -0.05) is 81.7 Å². The third kappa shape index (κ3) is 9.12. The van der Waals surface area contributed by atoms with Gasteiger partial charge in [-0.2, -0.15) is 37.3 Å². The van der Waals surface area contributed by atoms with Gasteiger partial charge in [0.05, 0.1) is 0 Å². The van der Waals surface area contributed by atoms with Crippen LogP contribution in [0.25, 0.3) is 21.3 Å². The van der Waals surface area contributed by atoms with Crippen molar-refractivity contribution in [3.05, 3.63) is 76.2 Å². The van der Waals surface area contributed by atoms with Crippen molar-refractivity contribution in [1.29, 1.82) is 0 Å². The Kier molecular flexibility index (Phi) is 13.7. The summed E-state index contributed by atoms with van der Waals surface area (Å²) in [5.41, 5.74) is 2.08. The number of fused-ring (bicyclic) bond motifs is 4. The summed E-state index contributed by atoms with van der Waals surface area (Å²) in [6, 6.07) is 7.64. The number of pyridine rings is 1. The first-order chi connectivity index (χ1) is 17.2. The van der Waals surface area contributed by atoms with E-state index in [-0.39, 0.29) is 37.3 Å². The Balaban J connectivity index is 0.00000108. The molecule has 1 aliphatic heterocycles. The van der Waals surface area contributed by atoms with Gasteiger partial charge in [0.1, 0.15) is 0 Å². The van der Waals surface area contributed by atoms with E-state index in [0.29, 0.717) is 12.1 Å². The van der Waals surface area contributed by atoms with Crippen LogP contribution >= 0.6 is 20.2 Å². The van der Waals surface area contributed by atoms with Crippen LogP contribution in [0.5, 0.6) is 0 Å². The Morgan fingerprint density at radius 2 is 1.17 bits per heavy atom. The number of halogens is 2. The minimum absolute atomic E-state index is 0.00694. The molecule has 8 heteroatoms. The van der Waals surface area contributed by atoms with Crippen molar-refractivity contribution >= 4 is 20.2 Å². The number of hydrogen-bond donors (Lipinski definition) is 0. The van der Waals surface area contributed by atoms with Crippen molar-refractivity contribution in [2.45, 2.75) is 100 Å². The number of aromatic nitrogens is 1. The van der Waals surface area contributed by atoms with E-state index in [9.17, 15) is 0 Å². The van der Waals surface area contributed by atoms with Gasteiger partial charge >= 0.3 is 33.3 Å². The van der Waals surface area contributed by atoms with Crippen molar-refractivity contribution in [3.63, 3.8) is 0 Å². The standard InChI is InChI=1S/C27H39N5.2ClH.Mn/c1-3-10-22-26-16-9-17-27(32-26)23(11-4-2)31-25-15-8-6-13-21(25)29-19-18-28-20-12-5-7-14-24(20)30-22;;;/h3-4,9,16-17,20-25H,1-2,5-8,10-15,18-19H2;2*1H;/q-4;;;+2/p-2/t20-,21?,22+,23+,24-,25?;;;/m1.../s1. The number of hydrogen-bond acceptors (Lipinski definition) is 1. The first-order valence-corrected chi connectivity index (χ1v) is 16.2. The second-order valence-corrected chi connectivity index (χ2v) is 11.5. The SMILES string of the molecule is C=CC[C@@H]1[N-]C2CCCCC2[N-]CC[N-][C@@H]2CCCC[C@H]2[N-][C@@H](CC=C)c2cccc1n2.[Cl][Mn][Cl]. The molecular formula is C27H39Cl2MnN5-4. The van der Waals surface area contributed by atoms with Gasteiger partial charge < -0.3 is 21.3 Å². The Hall–Kier alpha value is -0.431. The van der Waals surface area contributed by atoms with Gasteiger partial charge in [0.15, 0.2) is 0 Å². The molecule has 2 aliphatic carbocycles. The van der Waals surface area contributed by atoms with E-state index in [4.69, 9.17) is 46.4 Å². The van der Waals surface area contributed by atoms with Crippen LogP contribution in [-0.4, -0.2) is 42.2 Å². The predicted molar refractivity (Wildman–Crippen MR) is 146 cm³/mol. The molecule has 4 rings (SSSR count). The van der Waals surface area contributed by atoms with Crippen LogP contribution in [0, 0.1) is 0 Å². The molecule has 0 saturated heterocycles. The van der Waals surface area contributed by atoms with Crippen molar-refractivity contribution in [3.8, 4) is 0 Å². The summed E-state index contributed by atoms with van der Waals surface area (Å²) in [6.45, 7) is 9.63. The van der Waals surface area contributed by atoms with Gasteiger partial charge in [0.2, 0.25) is 0 Å². The second kappa shape index (κ2) is 16.4. The fraction of sp³-hybridized carbons (Fsp3) is 0.667. The fourth-order valence-corrected chi connectivity index (χ4v) is 5.54. The van der Waals surface area contributed by atoms with Gasteiger partial charge in [0.25, 0.3) is 0 Å². The molecule has 0 radical (unpaired) electrons. The molecule has 2 bridgehead atoms. The zero-order chi connectivity index (χ0) is 24.9. The molecule has 1 aromatic heterocycles. The Labute approximate surface area is 227 Å². The summed E-state index contributed by atoms with van der Waals surface area (Å²) in [4.78, 5) is 5.11. The van der Waals surface area contributed by atoms with E-state index in [1.165, 1.54) is 25.7 Å². The molecule has 0 spiro atoms. The molecule has 0 amide bonds. The van der Waals surface area contributed by atoms with Crippen LogP contribution in [0.15, 0.2) is 43.5 Å². The van der Waals surface area contributed by atoms with Crippen molar-refractivity contribution in [2.75, 3.05) is 13.1 Å². The maximum absolute atomic E-state index is 5.31. The Morgan fingerprint density at radius 1 is 0.771 bits per heavy atom. The molecule has 2 heterocycles. The average Bonchev–Trinajstić information content (AvgIpc) is 2.88. The third-order valence-electron chi connectivity index (χ3n) is 7.21. The van der Waals surface area contributed by atoms with E-state index >= 15 is 0 Å². The second-order valence-electron chi connectivity index (χ2n) is 9.57. The van der Waals surface area contributed by atoms with Gasteiger partial charge in [-0.05, 0) is 25.0 Å². The fourth-order valence-electron chi connectivity index (χ4n) is 5.54. The van der Waals surface area contributed by atoms with Gasteiger partial charge in [0, 0.05) is 11.4 Å². The number of rotatable bonds is 4. The van der Waals surface area contributed by atoms with Crippen LogP contribution in [0.2, 0.25) is 0 Å². The van der Waals surface area contributed by atoms with E-state index in [1.807, 2.05) is 12.2 Å². The molecule has 1 aromatic rings. The molecule has 3 aliphatic rings. The topological polar surface area (TPSA) is 69.3 Å². The van der Waals surface area contributed by atoms with E-state index < -0.39 is 0 Å². The predicted octanol–water partition coefficient (Wildman–Crippen LogP) is 8.82. The monoisotopic (exact) mass is 558 g/mol. The van der Waals surface area contributed by atoms with Crippen molar-refractivity contribution in [1.82, 2.24) is 4.98 Å². The van der Waals surface area contributed by atoms with Crippen LogP contribution in [0.3, 0.4) is 0 Å². The molecule has 5 nitrogen and oxygen atoms in total. The Morgan fingerprint density at radius 3 is 1.57 bits per heavy atom. The first-order valence-electron chi connectivity index (χ1n) is 13.0. The van der Waals surface area contributed by atoms with E-state index in [2.05, 4.69) is 31.4 Å². The Bertz CT molecular complexity index is 710. The molecule has 35 heavy (non-hydrogen) atoms. The molecule has 2 unspecified atom stereocenters. The zero-order valence-electron chi connectivity index (χ0n) is 20.6. The molecule has 197 valence electrons. The van der Waals surface area contributed by atoms with Gasteiger partial charge in [-0.25, -0.2) is 0 Å². The molecule has 2 saturated carbocycles. The average molecular weight is 559 g/mol. The van der Waals surface area contributed by atoms with Crippen molar-refractivity contribution < 1.29 is 13.1 Å². The molecule has 6 atom stereocenters. The first kappa shape index (κ1) is 29.1. The summed E-state index contributed by atoms with van der Waals surface area (Å²) in [5, 5.41) is 20.8. The summed E-state index contributed by atoms with van der Waals surface area (Å²) >= 11 is 0.00694. The van der Waals surface area contributed by atoms with Gasteiger partial charge in [-0.15, -0.1) is 13.2 Å². The van der Waals surface area contributed by atoms with Crippen molar-refractivity contribution in [2.24, 2.45) is 0 Å². The summed E-state index contributed by atoms with van der Waals surface area (Å²) in [7, 11) is 9.59. The summed E-state index contributed by atoms with van der Waals surface area (Å²) < 4.78 is 0. The van der Waals surface area contributed by atoms with E-state index in [1.54, 1.807) is 0 Å². The van der Waals surface area contributed by atoms with Gasteiger partial charge in [-0.3, -0.25) is 4.98 Å². The molecule has 2 fully saturated rings. The molecule has 0 aromatic carbocycles. The third-order valence-corrected chi connectivity index (χ3v) is 7.21. The summed E-state index contributed by atoms with van der Waals surface area (Å²) in [5.74, 6) is 0. The zero-order valence-corrected chi connectivity index (χ0v) is 23.3. The van der Waals surface area contributed by atoms with Crippen LogP contribution in [0.1, 0.15) is 87.7 Å². The summed E-state index contributed by atoms with van der Waals surface area (Å²) in [6.07, 6.45) is 15.1. The normalized spacial score (nSPS) is 31.8. The van der Waals surface area contributed by atoms with E-state index in [0.717, 1.165) is 63.0 Å². The van der Waals surface area contributed by atoms with Crippen LogP contribution < -0.4 is 0 Å². The molecule has 0 N–H and O–H groups in total. The number of nitrogens with zero attached hydrogens (tertiary/aromatic N) is 5.